The molecular formula is C16H24ClN. The van der Waals surface area contributed by atoms with Crippen LogP contribution >= 0.6 is 11.6 Å². The Hall–Kier alpha value is -0.530. The van der Waals surface area contributed by atoms with E-state index >= 15 is 0 Å². The van der Waals surface area contributed by atoms with Gasteiger partial charge in [0.25, 0.3) is 0 Å². The van der Waals surface area contributed by atoms with E-state index in [1.165, 1.54) is 36.8 Å². The largest absolute Gasteiger partial charge is 0.314 e. The van der Waals surface area contributed by atoms with Crippen molar-refractivity contribution in [3.05, 3.63) is 34.3 Å². The van der Waals surface area contributed by atoms with Gasteiger partial charge in [-0.25, -0.2) is 0 Å². The maximum atomic E-state index is 6.35. The van der Waals surface area contributed by atoms with Crippen molar-refractivity contribution in [3.63, 3.8) is 0 Å². The fourth-order valence-electron chi connectivity index (χ4n) is 3.08. The van der Waals surface area contributed by atoms with Crippen molar-refractivity contribution in [3.8, 4) is 0 Å². The zero-order valence-electron chi connectivity index (χ0n) is 11.5. The fraction of sp³-hybridized carbons (Fsp3) is 0.625. The first kappa shape index (κ1) is 13.9. The Morgan fingerprint density at radius 2 is 2.06 bits per heavy atom. The van der Waals surface area contributed by atoms with E-state index in [1.807, 2.05) is 0 Å². The van der Waals surface area contributed by atoms with Crippen molar-refractivity contribution in [2.75, 3.05) is 6.54 Å². The third-order valence-corrected chi connectivity index (χ3v) is 4.42. The highest BCUT2D eigenvalue weighted by molar-refractivity contribution is 6.31. The van der Waals surface area contributed by atoms with Gasteiger partial charge in [-0.05, 0) is 55.8 Å². The van der Waals surface area contributed by atoms with Crippen molar-refractivity contribution in [1.29, 1.82) is 0 Å². The first-order valence-electron chi connectivity index (χ1n) is 7.19. The SMILES string of the molecule is CCNC1CCCCC1Cc1ccc(C)cc1Cl. The van der Waals surface area contributed by atoms with Gasteiger partial charge in [-0.2, -0.15) is 0 Å². The summed E-state index contributed by atoms with van der Waals surface area (Å²) in [6, 6.07) is 7.14. The molecule has 0 aliphatic heterocycles. The summed E-state index contributed by atoms with van der Waals surface area (Å²) in [6.45, 7) is 5.37. The lowest BCUT2D eigenvalue weighted by Crippen LogP contribution is -2.39. The van der Waals surface area contributed by atoms with Gasteiger partial charge in [0.15, 0.2) is 0 Å². The second-order valence-electron chi connectivity index (χ2n) is 5.51. The van der Waals surface area contributed by atoms with Gasteiger partial charge < -0.3 is 5.32 Å². The molecule has 0 saturated heterocycles. The van der Waals surface area contributed by atoms with Crippen LogP contribution in [0.15, 0.2) is 18.2 Å². The van der Waals surface area contributed by atoms with E-state index in [9.17, 15) is 0 Å². The van der Waals surface area contributed by atoms with Crippen LogP contribution in [0.25, 0.3) is 0 Å². The normalized spacial score (nSPS) is 24.2. The molecule has 1 nitrogen and oxygen atoms in total. The lowest BCUT2D eigenvalue weighted by molar-refractivity contribution is 0.264. The van der Waals surface area contributed by atoms with Gasteiger partial charge >= 0.3 is 0 Å². The Bertz CT molecular complexity index is 387. The van der Waals surface area contributed by atoms with Gasteiger partial charge in [-0.1, -0.05) is 43.5 Å². The molecule has 2 rings (SSSR count). The summed E-state index contributed by atoms with van der Waals surface area (Å²) in [6.07, 6.45) is 6.52. The summed E-state index contributed by atoms with van der Waals surface area (Å²) in [7, 11) is 0. The smallest absolute Gasteiger partial charge is 0.0440 e. The molecule has 0 heterocycles. The minimum Gasteiger partial charge on any atom is -0.314 e. The number of hydrogen-bond donors (Lipinski definition) is 1. The molecule has 1 aliphatic carbocycles. The van der Waals surface area contributed by atoms with Crippen LogP contribution < -0.4 is 5.32 Å². The number of nitrogens with one attached hydrogen (secondary N) is 1. The molecular weight excluding hydrogens is 242 g/mol. The van der Waals surface area contributed by atoms with Crippen LogP contribution in [0.4, 0.5) is 0 Å². The van der Waals surface area contributed by atoms with Crippen LogP contribution in [-0.4, -0.2) is 12.6 Å². The molecule has 2 heteroatoms. The summed E-state index contributed by atoms with van der Waals surface area (Å²) < 4.78 is 0. The topological polar surface area (TPSA) is 12.0 Å². The molecule has 0 amide bonds. The Kier molecular flexibility index (Phi) is 5.08. The summed E-state index contributed by atoms with van der Waals surface area (Å²) in [5.41, 5.74) is 2.56. The van der Waals surface area contributed by atoms with E-state index in [1.54, 1.807) is 0 Å². The molecule has 1 aromatic rings. The van der Waals surface area contributed by atoms with Crippen molar-refractivity contribution < 1.29 is 0 Å². The predicted molar refractivity (Wildman–Crippen MR) is 79.3 cm³/mol. The molecule has 1 aromatic carbocycles. The second kappa shape index (κ2) is 6.58. The third-order valence-electron chi connectivity index (χ3n) is 4.07. The highest BCUT2D eigenvalue weighted by Gasteiger charge is 2.24. The first-order valence-corrected chi connectivity index (χ1v) is 7.57. The zero-order valence-corrected chi connectivity index (χ0v) is 12.3. The molecule has 2 unspecified atom stereocenters. The van der Waals surface area contributed by atoms with Crippen LogP contribution in [0.1, 0.15) is 43.7 Å². The van der Waals surface area contributed by atoms with Gasteiger partial charge in [0, 0.05) is 11.1 Å². The minimum absolute atomic E-state index is 0.682. The summed E-state index contributed by atoms with van der Waals surface area (Å²) in [4.78, 5) is 0. The Morgan fingerprint density at radius 1 is 1.28 bits per heavy atom. The monoisotopic (exact) mass is 265 g/mol. The van der Waals surface area contributed by atoms with Crippen LogP contribution in [-0.2, 0) is 6.42 Å². The lowest BCUT2D eigenvalue weighted by atomic mass is 9.80. The third kappa shape index (κ3) is 3.49. The number of aryl methyl sites for hydroxylation is 1. The lowest BCUT2D eigenvalue weighted by Gasteiger charge is -2.32. The summed E-state index contributed by atoms with van der Waals surface area (Å²) in [5, 5.41) is 4.58. The number of hydrogen-bond acceptors (Lipinski definition) is 1. The maximum Gasteiger partial charge on any atom is 0.0440 e. The Balaban J connectivity index is 2.06. The molecule has 2 atom stereocenters. The quantitative estimate of drug-likeness (QED) is 0.853. The van der Waals surface area contributed by atoms with Gasteiger partial charge in [0.05, 0.1) is 0 Å². The predicted octanol–water partition coefficient (Wildman–Crippen LogP) is 4.36. The van der Waals surface area contributed by atoms with E-state index in [-0.39, 0.29) is 0 Å². The second-order valence-corrected chi connectivity index (χ2v) is 5.91. The molecule has 0 spiro atoms. The standard InChI is InChI=1S/C16H24ClN/c1-3-18-16-7-5-4-6-14(16)11-13-9-8-12(2)10-15(13)17/h8-10,14,16,18H,3-7,11H2,1-2H3. The van der Waals surface area contributed by atoms with Crippen LogP contribution in [0.2, 0.25) is 5.02 Å². The molecule has 1 aliphatic rings. The summed E-state index contributed by atoms with van der Waals surface area (Å²) >= 11 is 6.35. The summed E-state index contributed by atoms with van der Waals surface area (Å²) in [5.74, 6) is 0.749. The minimum atomic E-state index is 0.682. The van der Waals surface area contributed by atoms with E-state index in [0.29, 0.717) is 6.04 Å². The van der Waals surface area contributed by atoms with Gasteiger partial charge in [0.2, 0.25) is 0 Å². The molecule has 1 fully saturated rings. The first-order chi connectivity index (χ1) is 8.70. The highest BCUT2D eigenvalue weighted by Crippen LogP contribution is 2.30. The molecule has 1 saturated carbocycles. The highest BCUT2D eigenvalue weighted by atomic mass is 35.5. The Morgan fingerprint density at radius 3 is 2.78 bits per heavy atom. The van der Waals surface area contributed by atoms with Crippen LogP contribution in [0, 0.1) is 12.8 Å². The zero-order chi connectivity index (χ0) is 13.0. The van der Waals surface area contributed by atoms with Crippen molar-refractivity contribution in [2.45, 2.75) is 52.0 Å². The molecule has 100 valence electrons. The van der Waals surface area contributed by atoms with E-state index in [2.05, 4.69) is 37.4 Å². The average molecular weight is 266 g/mol. The molecule has 18 heavy (non-hydrogen) atoms. The van der Waals surface area contributed by atoms with Crippen LogP contribution in [0.5, 0.6) is 0 Å². The van der Waals surface area contributed by atoms with E-state index < -0.39 is 0 Å². The van der Waals surface area contributed by atoms with Gasteiger partial charge in [0.1, 0.15) is 0 Å². The van der Waals surface area contributed by atoms with E-state index in [0.717, 1.165) is 23.9 Å². The maximum absolute atomic E-state index is 6.35. The van der Waals surface area contributed by atoms with Crippen LogP contribution in [0.3, 0.4) is 0 Å². The number of benzene rings is 1. The molecule has 0 bridgehead atoms. The molecule has 0 radical (unpaired) electrons. The van der Waals surface area contributed by atoms with Crippen molar-refractivity contribution in [1.82, 2.24) is 5.32 Å². The van der Waals surface area contributed by atoms with E-state index in [4.69, 9.17) is 11.6 Å². The fourth-order valence-corrected chi connectivity index (χ4v) is 3.40. The van der Waals surface area contributed by atoms with Crippen molar-refractivity contribution in [2.24, 2.45) is 5.92 Å². The number of rotatable bonds is 4. The number of halogens is 1. The van der Waals surface area contributed by atoms with Crippen molar-refractivity contribution >= 4 is 11.6 Å². The average Bonchev–Trinajstić information content (AvgIpc) is 2.35. The van der Waals surface area contributed by atoms with Gasteiger partial charge in [-0.15, -0.1) is 0 Å². The Labute approximate surface area is 116 Å². The molecule has 1 N–H and O–H groups in total. The molecule has 0 aromatic heterocycles. The van der Waals surface area contributed by atoms with Gasteiger partial charge in [-0.3, -0.25) is 0 Å².